The molecule has 4 aromatic heterocycles. The number of thiazole rings is 1. The molecule has 4 aromatic rings. The smallest absolute Gasteiger partial charge is 0.279 e. The van der Waals surface area contributed by atoms with Crippen LogP contribution in [0.3, 0.4) is 0 Å². The molecule has 0 bridgehead atoms. The summed E-state index contributed by atoms with van der Waals surface area (Å²) in [4.78, 5) is 13.3. The molecule has 0 saturated carbocycles. The van der Waals surface area contributed by atoms with Gasteiger partial charge in [-0.2, -0.15) is 0 Å². The number of aromatic nitrogens is 4. The van der Waals surface area contributed by atoms with Crippen molar-refractivity contribution in [2.45, 2.75) is 13.8 Å². The van der Waals surface area contributed by atoms with Gasteiger partial charge < -0.3 is 9.47 Å². The molecule has 0 N–H and O–H groups in total. The number of aryl methyl sites for hydroxylation is 2. The van der Waals surface area contributed by atoms with E-state index in [1.165, 1.54) is 11.3 Å². The van der Waals surface area contributed by atoms with Gasteiger partial charge in [-0.15, -0.1) is 0 Å². The first-order valence-electron chi connectivity index (χ1n) is 7.84. The highest BCUT2D eigenvalue weighted by Crippen LogP contribution is 2.33. The molecule has 0 radical (unpaired) electrons. The zero-order chi connectivity index (χ0) is 18.3. The van der Waals surface area contributed by atoms with Gasteiger partial charge in [0.25, 0.3) is 5.19 Å². The summed E-state index contributed by atoms with van der Waals surface area (Å²) in [7, 11) is 1.57. The molecule has 132 valence electrons. The van der Waals surface area contributed by atoms with Gasteiger partial charge in [0, 0.05) is 17.6 Å². The SMILES string of the molecule is COc1ccc(Oc2nc(-c3c(C)nc4c(Cl)cc(C)cn34)cs2)cn1. The molecule has 0 aliphatic rings. The Morgan fingerprint density at radius 3 is 2.77 bits per heavy atom. The number of nitrogens with zero attached hydrogens (tertiary/aromatic N) is 4. The normalized spacial score (nSPS) is 11.1. The van der Waals surface area contributed by atoms with E-state index in [4.69, 9.17) is 21.1 Å². The topological polar surface area (TPSA) is 61.5 Å². The summed E-state index contributed by atoms with van der Waals surface area (Å²) in [5.41, 5.74) is 4.33. The summed E-state index contributed by atoms with van der Waals surface area (Å²) in [6.45, 7) is 3.94. The Labute approximate surface area is 159 Å². The second-order valence-corrected chi connectivity index (χ2v) is 6.97. The fourth-order valence-electron chi connectivity index (χ4n) is 2.72. The lowest BCUT2D eigenvalue weighted by molar-refractivity contribution is 0.394. The number of hydrogen-bond donors (Lipinski definition) is 0. The second-order valence-electron chi connectivity index (χ2n) is 5.74. The monoisotopic (exact) mass is 386 g/mol. The lowest BCUT2D eigenvalue weighted by atomic mass is 10.2. The average Bonchev–Trinajstić information content (AvgIpc) is 3.19. The Kier molecular flexibility index (Phi) is 4.26. The quantitative estimate of drug-likeness (QED) is 0.498. The summed E-state index contributed by atoms with van der Waals surface area (Å²) in [5, 5.41) is 3.09. The molecule has 0 aliphatic carbocycles. The van der Waals surface area contributed by atoms with Gasteiger partial charge in [-0.1, -0.05) is 22.9 Å². The van der Waals surface area contributed by atoms with Gasteiger partial charge in [-0.25, -0.2) is 15.0 Å². The molecule has 0 aliphatic heterocycles. The van der Waals surface area contributed by atoms with Crippen molar-refractivity contribution in [2.75, 3.05) is 7.11 Å². The van der Waals surface area contributed by atoms with Crippen molar-refractivity contribution < 1.29 is 9.47 Å². The molecule has 0 saturated heterocycles. The Balaban J connectivity index is 1.69. The van der Waals surface area contributed by atoms with Crippen LogP contribution in [-0.2, 0) is 0 Å². The van der Waals surface area contributed by atoms with Crippen molar-refractivity contribution in [1.29, 1.82) is 0 Å². The van der Waals surface area contributed by atoms with Crippen LogP contribution in [-0.4, -0.2) is 26.5 Å². The standard InChI is InChI=1S/C18H15ClN4O2S/c1-10-6-13(19)17-21-11(2)16(23(17)8-10)14-9-26-18(22-14)25-12-4-5-15(24-3)20-7-12/h4-9H,1-3H3. The fraction of sp³-hybridized carbons (Fsp3) is 0.167. The van der Waals surface area contributed by atoms with E-state index >= 15 is 0 Å². The molecule has 0 fully saturated rings. The highest BCUT2D eigenvalue weighted by Gasteiger charge is 2.17. The third kappa shape index (κ3) is 3.00. The third-order valence-corrected chi connectivity index (χ3v) is 4.83. The Bertz CT molecular complexity index is 1090. The minimum absolute atomic E-state index is 0.528. The molecular formula is C18H15ClN4O2S. The Hall–Kier alpha value is -2.64. The summed E-state index contributed by atoms with van der Waals surface area (Å²) < 4.78 is 12.8. The first-order valence-corrected chi connectivity index (χ1v) is 9.09. The molecule has 0 spiro atoms. The minimum atomic E-state index is 0.528. The van der Waals surface area contributed by atoms with Crippen LogP contribution in [0.15, 0.2) is 36.0 Å². The van der Waals surface area contributed by atoms with E-state index in [0.717, 1.165) is 28.3 Å². The largest absolute Gasteiger partial charge is 0.481 e. The maximum Gasteiger partial charge on any atom is 0.279 e. The van der Waals surface area contributed by atoms with Crippen LogP contribution < -0.4 is 9.47 Å². The number of hydrogen-bond acceptors (Lipinski definition) is 6. The van der Waals surface area contributed by atoms with Crippen LogP contribution in [0, 0.1) is 13.8 Å². The average molecular weight is 387 g/mol. The van der Waals surface area contributed by atoms with Crippen molar-refractivity contribution >= 4 is 28.6 Å². The van der Waals surface area contributed by atoms with Crippen LogP contribution in [0.25, 0.3) is 17.0 Å². The number of halogens is 1. The predicted molar refractivity (Wildman–Crippen MR) is 102 cm³/mol. The number of methoxy groups -OCH3 is 1. The molecule has 0 amide bonds. The number of rotatable bonds is 4. The van der Waals surface area contributed by atoms with Crippen LogP contribution >= 0.6 is 22.9 Å². The van der Waals surface area contributed by atoms with Gasteiger partial charge in [0.1, 0.15) is 11.4 Å². The van der Waals surface area contributed by atoms with Gasteiger partial charge in [0.05, 0.1) is 29.7 Å². The number of fused-ring (bicyclic) bond motifs is 1. The Morgan fingerprint density at radius 2 is 2.04 bits per heavy atom. The number of imidazole rings is 1. The van der Waals surface area contributed by atoms with Crippen molar-refractivity contribution in [1.82, 2.24) is 19.4 Å². The van der Waals surface area contributed by atoms with E-state index < -0.39 is 0 Å². The number of pyridine rings is 2. The predicted octanol–water partition coefficient (Wildman–Crippen LogP) is 4.92. The zero-order valence-electron chi connectivity index (χ0n) is 14.4. The van der Waals surface area contributed by atoms with Gasteiger partial charge in [0.15, 0.2) is 5.65 Å². The molecule has 0 atom stereocenters. The fourth-order valence-corrected chi connectivity index (χ4v) is 3.69. The highest BCUT2D eigenvalue weighted by molar-refractivity contribution is 7.11. The summed E-state index contributed by atoms with van der Waals surface area (Å²) in [5.74, 6) is 1.13. The van der Waals surface area contributed by atoms with Crippen LogP contribution in [0.2, 0.25) is 5.02 Å². The molecule has 6 nitrogen and oxygen atoms in total. The Morgan fingerprint density at radius 1 is 1.19 bits per heavy atom. The van der Waals surface area contributed by atoms with E-state index in [-0.39, 0.29) is 0 Å². The molecular weight excluding hydrogens is 372 g/mol. The summed E-state index contributed by atoms with van der Waals surface area (Å²) in [6.07, 6.45) is 3.60. The van der Waals surface area contributed by atoms with E-state index in [1.54, 1.807) is 25.4 Å². The molecule has 0 unspecified atom stereocenters. The summed E-state index contributed by atoms with van der Waals surface area (Å²) in [6, 6.07) is 5.43. The molecule has 0 aromatic carbocycles. The maximum atomic E-state index is 6.33. The van der Waals surface area contributed by atoms with E-state index in [2.05, 4.69) is 15.0 Å². The van der Waals surface area contributed by atoms with Crippen molar-refractivity contribution in [3.05, 3.63) is 52.3 Å². The first kappa shape index (κ1) is 16.8. The van der Waals surface area contributed by atoms with Gasteiger partial charge >= 0.3 is 0 Å². The first-order chi connectivity index (χ1) is 12.5. The maximum absolute atomic E-state index is 6.33. The van der Waals surface area contributed by atoms with Crippen molar-refractivity contribution in [3.8, 4) is 28.2 Å². The van der Waals surface area contributed by atoms with E-state index in [1.807, 2.05) is 35.9 Å². The van der Waals surface area contributed by atoms with Crippen molar-refractivity contribution in [3.63, 3.8) is 0 Å². The molecule has 8 heteroatoms. The minimum Gasteiger partial charge on any atom is -0.481 e. The summed E-state index contributed by atoms with van der Waals surface area (Å²) >= 11 is 7.74. The third-order valence-electron chi connectivity index (χ3n) is 3.84. The number of ether oxygens (including phenoxy) is 2. The van der Waals surface area contributed by atoms with Crippen LogP contribution in [0.5, 0.6) is 16.8 Å². The van der Waals surface area contributed by atoms with Crippen LogP contribution in [0.4, 0.5) is 0 Å². The second kappa shape index (κ2) is 6.59. The highest BCUT2D eigenvalue weighted by atomic mass is 35.5. The lowest BCUT2D eigenvalue weighted by Crippen LogP contribution is -1.92. The molecule has 26 heavy (non-hydrogen) atoms. The van der Waals surface area contributed by atoms with E-state index in [0.29, 0.717) is 21.8 Å². The molecule has 4 heterocycles. The van der Waals surface area contributed by atoms with Gasteiger partial charge in [-0.05, 0) is 31.5 Å². The lowest BCUT2D eigenvalue weighted by Gasteiger charge is -2.03. The molecule has 4 rings (SSSR count). The van der Waals surface area contributed by atoms with Gasteiger partial charge in [0.2, 0.25) is 5.88 Å². The van der Waals surface area contributed by atoms with Crippen LogP contribution in [0.1, 0.15) is 11.3 Å². The zero-order valence-corrected chi connectivity index (χ0v) is 15.9. The van der Waals surface area contributed by atoms with E-state index in [9.17, 15) is 0 Å². The van der Waals surface area contributed by atoms with Gasteiger partial charge in [-0.3, -0.25) is 4.40 Å². The van der Waals surface area contributed by atoms with Crippen molar-refractivity contribution in [2.24, 2.45) is 0 Å².